The Labute approximate surface area is 128 Å². The van der Waals surface area contributed by atoms with Crippen molar-refractivity contribution < 1.29 is 9.53 Å². The number of hydrazine groups is 1. The number of amides is 1. The lowest BCUT2D eigenvalue weighted by molar-refractivity contribution is 0.0942. The van der Waals surface area contributed by atoms with Crippen LogP contribution in [0.3, 0.4) is 0 Å². The Morgan fingerprint density at radius 2 is 1.76 bits per heavy atom. The Balaban J connectivity index is 1.97. The fourth-order valence-corrected chi connectivity index (χ4v) is 1.93. The molecule has 0 saturated heterocycles. The van der Waals surface area contributed by atoms with Crippen LogP contribution in [0.4, 0.5) is 0 Å². The molecule has 4 nitrogen and oxygen atoms in total. The van der Waals surface area contributed by atoms with Crippen molar-refractivity contribution in [2.75, 3.05) is 7.11 Å². The second kappa shape index (κ2) is 6.81. The number of carbonyl (C=O) groups is 1. The molecule has 21 heavy (non-hydrogen) atoms. The van der Waals surface area contributed by atoms with Crippen LogP contribution in [0.1, 0.15) is 15.9 Å². The van der Waals surface area contributed by atoms with E-state index in [1.165, 1.54) is 0 Å². The highest BCUT2D eigenvalue weighted by molar-refractivity contribution is 6.33. The number of hydrogen-bond donors (Lipinski definition) is 2. The second-order valence-electron chi connectivity index (χ2n) is 4.27. The topological polar surface area (TPSA) is 50.4 Å². The van der Waals surface area contributed by atoms with Crippen LogP contribution in [0.15, 0.2) is 55.1 Å². The SMILES string of the molecule is C=C(NNC(=O)c1ccccc1Cl)c1ccc(OC)cc1. The Morgan fingerprint density at radius 3 is 2.38 bits per heavy atom. The molecule has 108 valence electrons. The minimum Gasteiger partial charge on any atom is -0.497 e. The summed E-state index contributed by atoms with van der Waals surface area (Å²) in [6.45, 7) is 3.87. The summed E-state index contributed by atoms with van der Waals surface area (Å²) < 4.78 is 5.08. The molecule has 1 amide bonds. The molecular weight excluding hydrogens is 288 g/mol. The van der Waals surface area contributed by atoms with E-state index in [1.807, 2.05) is 24.3 Å². The molecule has 0 aliphatic rings. The minimum atomic E-state index is -0.324. The number of methoxy groups -OCH3 is 1. The third-order valence-corrected chi connectivity index (χ3v) is 3.21. The smallest absolute Gasteiger partial charge is 0.271 e. The van der Waals surface area contributed by atoms with Crippen LogP contribution in [-0.4, -0.2) is 13.0 Å². The Hall–Kier alpha value is -2.46. The third kappa shape index (κ3) is 3.77. The summed E-state index contributed by atoms with van der Waals surface area (Å²) in [5.74, 6) is 0.432. The van der Waals surface area contributed by atoms with E-state index in [4.69, 9.17) is 16.3 Å². The van der Waals surface area contributed by atoms with Gasteiger partial charge in [0.15, 0.2) is 0 Å². The highest BCUT2D eigenvalue weighted by Crippen LogP contribution is 2.16. The van der Waals surface area contributed by atoms with Crippen molar-refractivity contribution in [1.82, 2.24) is 10.9 Å². The standard InChI is InChI=1S/C16H15ClN2O2/c1-11(12-7-9-13(21-2)10-8-12)18-19-16(20)14-5-3-4-6-15(14)17/h3-10,18H,1H2,2H3,(H,19,20). The van der Waals surface area contributed by atoms with Crippen molar-refractivity contribution in [1.29, 1.82) is 0 Å². The number of carbonyl (C=O) groups excluding carboxylic acids is 1. The van der Waals surface area contributed by atoms with E-state index in [9.17, 15) is 4.79 Å². The zero-order valence-corrected chi connectivity index (χ0v) is 12.3. The highest BCUT2D eigenvalue weighted by atomic mass is 35.5. The second-order valence-corrected chi connectivity index (χ2v) is 4.67. The maximum atomic E-state index is 12.0. The average Bonchev–Trinajstić information content (AvgIpc) is 2.52. The normalized spacial score (nSPS) is 9.81. The average molecular weight is 303 g/mol. The van der Waals surface area contributed by atoms with Gasteiger partial charge in [-0.05, 0) is 42.0 Å². The Morgan fingerprint density at radius 1 is 1.10 bits per heavy atom. The zero-order chi connectivity index (χ0) is 15.2. The van der Waals surface area contributed by atoms with E-state index >= 15 is 0 Å². The van der Waals surface area contributed by atoms with E-state index < -0.39 is 0 Å². The molecule has 0 spiro atoms. The van der Waals surface area contributed by atoms with Crippen molar-refractivity contribution in [2.45, 2.75) is 0 Å². The molecule has 0 saturated carbocycles. The maximum Gasteiger partial charge on any atom is 0.271 e. The summed E-state index contributed by atoms with van der Waals surface area (Å²) in [4.78, 5) is 12.0. The lowest BCUT2D eigenvalue weighted by Gasteiger charge is -2.12. The predicted molar refractivity (Wildman–Crippen MR) is 84.1 cm³/mol. The van der Waals surface area contributed by atoms with Gasteiger partial charge >= 0.3 is 0 Å². The largest absolute Gasteiger partial charge is 0.497 e. The molecule has 5 heteroatoms. The van der Waals surface area contributed by atoms with Crippen molar-refractivity contribution >= 4 is 23.2 Å². The summed E-state index contributed by atoms with van der Waals surface area (Å²) in [6.07, 6.45) is 0. The molecule has 0 aliphatic heterocycles. The fraction of sp³-hybridized carbons (Fsp3) is 0.0625. The van der Waals surface area contributed by atoms with E-state index in [1.54, 1.807) is 31.4 Å². The fourth-order valence-electron chi connectivity index (χ4n) is 1.71. The van der Waals surface area contributed by atoms with E-state index in [2.05, 4.69) is 17.4 Å². The van der Waals surface area contributed by atoms with Crippen LogP contribution in [0, 0.1) is 0 Å². The van der Waals surface area contributed by atoms with Gasteiger partial charge in [0.2, 0.25) is 0 Å². The molecule has 0 bridgehead atoms. The van der Waals surface area contributed by atoms with Gasteiger partial charge in [0.25, 0.3) is 5.91 Å². The van der Waals surface area contributed by atoms with Gasteiger partial charge in [-0.3, -0.25) is 15.6 Å². The van der Waals surface area contributed by atoms with E-state index in [0.29, 0.717) is 16.3 Å². The number of ether oxygens (including phenoxy) is 1. The van der Waals surface area contributed by atoms with Gasteiger partial charge in [-0.1, -0.05) is 30.3 Å². The van der Waals surface area contributed by atoms with Gasteiger partial charge in [0.1, 0.15) is 5.75 Å². The zero-order valence-electron chi connectivity index (χ0n) is 11.5. The molecule has 0 aliphatic carbocycles. The molecule has 0 unspecified atom stereocenters. The monoisotopic (exact) mass is 302 g/mol. The summed E-state index contributed by atoms with van der Waals surface area (Å²) >= 11 is 5.96. The van der Waals surface area contributed by atoms with Crippen molar-refractivity contribution in [3.8, 4) is 5.75 Å². The predicted octanol–water partition coefficient (Wildman–Crippen LogP) is 3.25. The molecule has 2 N–H and O–H groups in total. The summed E-state index contributed by atoms with van der Waals surface area (Å²) in [5, 5.41) is 0.395. The van der Waals surface area contributed by atoms with Gasteiger partial charge < -0.3 is 4.74 Å². The van der Waals surface area contributed by atoms with Crippen LogP contribution in [-0.2, 0) is 0 Å². The first-order valence-corrected chi connectivity index (χ1v) is 6.64. The molecule has 0 fully saturated rings. The van der Waals surface area contributed by atoms with Gasteiger partial charge in [-0.15, -0.1) is 0 Å². The number of benzene rings is 2. The minimum absolute atomic E-state index is 0.324. The maximum absolute atomic E-state index is 12.0. The van der Waals surface area contributed by atoms with Crippen molar-refractivity contribution in [3.63, 3.8) is 0 Å². The van der Waals surface area contributed by atoms with Crippen molar-refractivity contribution in [2.24, 2.45) is 0 Å². The first kappa shape index (κ1) is 14.9. The van der Waals surface area contributed by atoms with Crippen LogP contribution >= 0.6 is 11.6 Å². The van der Waals surface area contributed by atoms with Crippen LogP contribution in [0.5, 0.6) is 5.75 Å². The third-order valence-electron chi connectivity index (χ3n) is 2.88. The lowest BCUT2D eigenvalue weighted by atomic mass is 10.2. The van der Waals surface area contributed by atoms with Crippen LogP contribution in [0.25, 0.3) is 5.70 Å². The molecule has 2 aromatic rings. The van der Waals surface area contributed by atoms with Gasteiger partial charge in [-0.2, -0.15) is 0 Å². The molecule has 2 rings (SSSR count). The summed E-state index contributed by atoms with van der Waals surface area (Å²) in [6, 6.07) is 14.1. The first-order valence-electron chi connectivity index (χ1n) is 6.26. The van der Waals surface area contributed by atoms with Crippen LogP contribution in [0.2, 0.25) is 5.02 Å². The molecule has 0 aromatic heterocycles. The first-order chi connectivity index (χ1) is 10.1. The molecule has 0 heterocycles. The molecule has 2 aromatic carbocycles. The van der Waals surface area contributed by atoms with Gasteiger partial charge in [-0.25, -0.2) is 0 Å². The highest BCUT2D eigenvalue weighted by Gasteiger charge is 2.09. The number of hydrogen-bond acceptors (Lipinski definition) is 3. The van der Waals surface area contributed by atoms with E-state index in [0.717, 1.165) is 11.3 Å². The Kier molecular flexibility index (Phi) is 4.85. The van der Waals surface area contributed by atoms with Gasteiger partial charge in [0, 0.05) is 0 Å². The van der Waals surface area contributed by atoms with Crippen LogP contribution < -0.4 is 15.6 Å². The lowest BCUT2D eigenvalue weighted by Crippen LogP contribution is -2.35. The quantitative estimate of drug-likeness (QED) is 0.834. The Bertz CT molecular complexity index is 654. The number of nitrogens with one attached hydrogen (secondary N) is 2. The molecular formula is C16H15ClN2O2. The van der Waals surface area contributed by atoms with Crippen molar-refractivity contribution in [3.05, 3.63) is 71.3 Å². The molecule has 0 radical (unpaired) electrons. The summed E-state index contributed by atoms with van der Waals surface area (Å²) in [7, 11) is 1.60. The van der Waals surface area contributed by atoms with E-state index in [-0.39, 0.29) is 5.91 Å². The molecule has 0 atom stereocenters. The van der Waals surface area contributed by atoms with Gasteiger partial charge in [0.05, 0.1) is 23.4 Å². The number of halogens is 1. The summed E-state index contributed by atoms with van der Waals surface area (Å²) in [5.41, 5.74) is 7.14. The number of rotatable bonds is 5.